The second-order valence-electron chi connectivity index (χ2n) is 9.12. The van der Waals surface area contributed by atoms with Crippen LogP contribution in [0.1, 0.15) is 55.2 Å². The summed E-state index contributed by atoms with van der Waals surface area (Å²) in [5.74, 6) is 1.24. The summed E-state index contributed by atoms with van der Waals surface area (Å²) in [5, 5.41) is 0. The largest absolute Gasteiger partial charge is 0.355 e. The first kappa shape index (κ1) is 21.9. The predicted octanol–water partition coefficient (Wildman–Crippen LogP) is 4.84. The second kappa shape index (κ2) is 9.12. The molecule has 3 aromatic rings. The van der Waals surface area contributed by atoms with Crippen LogP contribution in [0.15, 0.2) is 41.1 Å². The van der Waals surface area contributed by atoms with Crippen molar-refractivity contribution in [3.63, 3.8) is 0 Å². The summed E-state index contributed by atoms with van der Waals surface area (Å²) < 4.78 is 3.40. The third-order valence-corrected chi connectivity index (χ3v) is 8.12. The fraction of sp³-hybridized carbons (Fsp3) is 0.520. The fourth-order valence-corrected chi connectivity index (χ4v) is 6.16. The van der Waals surface area contributed by atoms with Crippen molar-refractivity contribution in [3.05, 3.63) is 58.1 Å². The average molecular weight is 497 g/mol. The molecule has 3 aromatic heterocycles. The summed E-state index contributed by atoms with van der Waals surface area (Å²) in [4.78, 5) is 17.4. The Morgan fingerprint density at radius 3 is 2.47 bits per heavy atom. The molecular formula is C25H33BrN6. The van der Waals surface area contributed by atoms with Crippen molar-refractivity contribution in [2.45, 2.75) is 45.2 Å². The number of likely N-dealkylation sites (tertiary alicyclic amines) is 1. The van der Waals surface area contributed by atoms with Crippen LogP contribution in [-0.2, 0) is 0 Å². The van der Waals surface area contributed by atoms with Crippen molar-refractivity contribution in [1.29, 1.82) is 0 Å². The first-order valence-electron chi connectivity index (χ1n) is 11.9. The minimum Gasteiger partial charge on any atom is -0.355 e. The molecule has 0 spiro atoms. The van der Waals surface area contributed by atoms with E-state index in [2.05, 4.69) is 80.2 Å². The molecule has 5 rings (SSSR count). The van der Waals surface area contributed by atoms with E-state index < -0.39 is 0 Å². The van der Waals surface area contributed by atoms with Gasteiger partial charge in [0.1, 0.15) is 16.1 Å². The van der Waals surface area contributed by atoms with Gasteiger partial charge in [0.2, 0.25) is 0 Å². The quantitative estimate of drug-likeness (QED) is 0.516. The minimum atomic E-state index is 0.272. The van der Waals surface area contributed by atoms with Gasteiger partial charge in [-0.1, -0.05) is 19.1 Å². The fourth-order valence-electron chi connectivity index (χ4n) is 5.45. The summed E-state index contributed by atoms with van der Waals surface area (Å²) in [7, 11) is 2.24. The first-order valence-corrected chi connectivity index (χ1v) is 12.7. The van der Waals surface area contributed by atoms with Crippen LogP contribution in [0.5, 0.6) is 0 Å². The van der Waals surface area contributed by atoms with Crippen molar-refractivity contribution >= 4 is 27.4 Å². The molecule has 2 aliphatic heterocycles. The van der Waals surface area contributed by atoms with Crippen LogP contribution in [-0.4, -0.2) is 63.9 Å². The van der Waals surface area contributed by atoms with Gasteiger partial charge in [-0.2, -0.15) is 0 Å². The van der Waals surface area contributed by atoms with Gasteiger partial charge >= 0.3 is 0 Å². The number of likely N-dealkylation sites (N-methyl/N-ethyl adjacent to an activating group) is 1. The number of fused-ring (bicyclic) bond motifs is 1. The van der Waals surface area contributed by atoms with Crippen molar-refractivity contribution in [2.75, 3.05) is 44.7 Å². The Morgan fingerprint density at radius 2 is 1.75 bits per heavy atom. The van der Waals surface area contributed by atoms with Crippen molar-refractivity contribution in [1.82, 2.24) is 24.2 Å². The van der Waals surface area contributed by atoms with E-state index >= 15 is 0 Å². The third-order valence-electron chi connectivity index (χ3n) is 7.35. The number of anilines is 1. The molecule has 2 aliphatic rings. The van der Waals surface area contributed by atoms with Crippen LogP contribution >= 0.6 is 15.9 Å². The number of rotatable bonds is 4. The Bertz CT molecular complexity index is 1090. The van der Waals surface area contributed by atoms with E-state index in [-0.39, 0.29) is 6.04 Å². The van der Waals surface area contributed by atoms with Crippen LogP contribution < -0.4 is 4.90 Å². The molecule has 0 unspecified atom stereocenters. The number of piperidine rings is 1. The molecule has 7 heteroatoms. The number of pyridine rings is 2. The van der Waals surface area contributed by atoms with Crippen LogP contribution in [0.25, 0.3) is 5.65 Å². The maximum atomic E-state index is 5.14. The van der Waals surface area contributed by atoms with Gasteiger partial charge in [-0.3, -0.25) is 14.3 Å². The zero-order valence-corrected chi connectivity index (χ0v) is 20.9. The minimum absolute atomic E-state index is 0.272. The number of hydrogen-bond acceptors (Lipinski definition) is 5. The summed E-state index contributed by atoms with van der Waals surface area (Å²) in [5.41, 5.74) is 4.64. The van der Waals surface area contributed by atoms with Crippen LogP contribution in [0.3, 0.4) is 0 Å². The molecule has 170 valence electrons. The second-order valence-corrected chi connectivity index (χ2v) is 9.87. The van der Waals surface area contributed by atoms with Gasteiger partial charge in [0.15, 0.2) is 0 Å². The number of nitrogens with zero attached hydrogens (tertiary/aromatic N) is 6. The molecule has 2 atom stereocenters. The molecule has 0 radical (unpaired) electrons. The number of aromatic nitrogens is 3. The lowest BCUT2D eigenvalue weighted by atomic mass is 9.91. The van der Waals surface area contributed by atoms with Gasteiger partial charge in [0.05, 0.1) is 23.5 Å². The van der Waals surface area contributed by atoms with Gasteiger partial charge in [0, 0.05) is 32.4 Å². The highest BCUT2D eigenvalue weighted by atomic mass is 79.9. The summed E-state index contributed by atoms with van der Waals surface area (Å²) >= 11 is 3.97. The normalized spacial score (nSPS) is 23.2. The lowest BCUT2D eigenvalue weighted by Gasteiger charge is -2.39. The van der Waals surface area contributed by atoms with E-state index in [0.717, 1.165) is 61.5 Å². The Balaban J connectivity index is 1.48. The lowest BCUT2D eigenvalue weighted by Crippen LogP contribution is -2.46. The standard InChI is InChI=1S/C25H33BrN6/c1-4-30-14-16-31(17-15-30)22-12-6-11-21-28-24(25(26)32(21)22)20-10-5-9-19(29(20)3)23-18(2)8-7-13-27-23/h6-8,11-13,19-20H,4-5,9-10,14-17H2,1-3H3/t19-,20+/m0/s1. The number of hydrogen-bond donors (Lipinski definition) is 0. The van der Waals surface area contributed by atoms with Crippen molar-refractivity contribution in [3.8, 4) is 0 Å². The molecule has 32 heavy (non-hydrogen) atoms. The Hall–Kier alpha value is -1.96. The first-order chi connectivity index (χ1) is 15.6. The molecule has 2 saturated heterocycles. The maximum absolute atomic E-state index is 5.14. The Labute approximate surface area is 199 Å². The van der Waals surface area contributed by atoms with Gasteiger partial charge in [-0.05, 0) is 79.5 Å². The number of piperazine rings is 1. The molecule has 0 aromatic carbocycles. The topological polar surface area (TPSA) is 39.9 Å². The highest BCUT2D eigenvalue weighted by Gasteiger charge is 2.34. The van der Waals surface area contributed by atoms with Crippen LogP contribution in [0, 0.1) is 6.92 Å². The highest BCUT2D eigenvalue weighted by molar-refractivity contribution is 9.10. The number of imidazole rings is 1. The monoisotopic (exact) mass is 496 g/mol. The summed E-state index contributed by atoms with van der Waals surface area (Å²) in [6.07, 6.45) is 5.36. The van der Waals surface area contributed by atoms with Crippen molar-refractivity contribution in [2.24, 2.45) is 0 Å². The Kier molecular flexibility index (Phi) is 6.23. The van der Waals surface area contributed by atoms with Gasteiger partial charge in [0.25, 0.3) is 0 Å². The zero-order chi connectivity index (χ0) is 22.2. The molecule has 5 heterocycles. The van der Waals surface area contributed by atoms with Gasteiger partial charge in [-0.15, -0.1) is 0 Å². The van der Waals surface area contributed by atoms with E-state index in [9.17, 15) is 0 Å². The smallest absolute Gasteiger partial charge is 0.139 e. The number of aryl methyl sites for hydroxylation is 1. The Morgan fingerprint density at radius 1 is 1.00 bits per heavy atom. The molecule has 6 nitrogen and oxygen atoms in total. The lowest BCUT2D eigenvalue weighted by molar-refractivity contribution is 0.109. The highest BCUT2D eigenvalue weighted by Crippen LogP contribution is 2.42. The molecule has 0 N–H and O–H groups in total. The number of halogens is 1. The van der Waals surface area contributed by atoms with Gasteiger partial charge in [-0.25, -0.2) is 4.98 Å². The van der Waals surface area contributed by atoms with E-state index in [4.69, 9.17) is 9.97 Å². The summed E-state index contributed by atoms with van der Waals surface area (Å²) in [6.45, 7) is 9.88. The molecular weight excluding hydrogens is 464 g/mol. The van der Waals surface area contributed by atoms with E-state index in [0.29, 0.717) is 6.04 Å². The molecule has 0 saturated carbocycles. The third kappa shape index (κ3) is 3.84. The molecule has 0 bridgehead atoms. The summed E-state index contributed by atoms with van der Waals surface area (Å²) in [6, 6.07) is 11.3. The maximum Gasteiger partial charge on any atom is 0.139 e. The van der Waals surface area contributed by atoms with E-state index in [1.54, 1.807) is 0 Å². The average Bonchev–Trinajstić information content (AvgIpc) is 3.16. The molecule has 2 fully saturated rings. The van der Waals surface area contributed by atoms with Crippen molar-refractivity contribution < 1.29 is 0 Å². The van der Waals surface area contributed by atoms with E-state index in [1.165, 1.54) is 23.5 Å². The predicted molar refractivity (Wildman–Crippen MR) is 133 cm³/mol. The molecule has 0 aliphatic carbocycles. The zero-order valence-electron chi connectivity index (χ0n) is 19.3. The SMILES string of the molecule is CCN1CCN(c2cccc3nc([C@H]4CCC[C@@H](c5ncccc5C)N4C)c(Br)n23)CC1. The van der Waals surface area contributed by atoms with Crippen LogP contribution in [0.2, 0.25) is 0 Å². The van der Waals surface area contributed by atoms with Gasteiger partial charge < -0.3 is 9.80 Å². The molecule has 0 amide bonds. The van der Waals surface area contributed by atoms with E-state index in [1.807, 2.05) is 12.3 Å². The van der Waals surface area contributed by atoms with Crippen LogP contribution in [0.4, 0.5) is 5.82 Å².